The third-order valence-corrected chi connectivity index (χ3v) is 5.27. The Bertz CT molecular complexity index is 1050. The number of aromatic nitrogens is 1. The van der Waals surface area contributed by atoms with Crippen molar-refractivity contribution in [3.63, 3.8) is 0 Å². The second-order valence-electron chi connectivity index (χ2n) is 5.49. The van der Waals surface area contributed by atoms with Gasteiger partial charge in [0.05, 0.1) is 11.1 Å². The number of rotatable bonds is 3. The van der Waals surface area contributed by atoms with Crippen LogP contribution in [0.5, 0.6) is 0 Å². The fourth-order valence-electron chi connectivity index (χ4n) is 2.65. The van der Waals surface area contributed by atoms with Crippen molar-refractivity contribution < 1.29 is 14.4 Å². The van der Waals surface area contributed by atoms with Crippen LogP contribution in [0.1, 0.15) is 31.1 Å². The van der Waals surface area contributed by atoms with E-state index < -0.39 is 11.8 Å². The van der Waals surface area contributed by atoms with Crippen molar-refractivity contribution in [2.24, 2.45) is 0 Å². The predicted molar refractivity (Wildman–Crippen MR) is 107 cm³/mol. The van der Waals surface area contributed by atoms with Crippen molar-refractivity contribution in [1.29, 1.82) is 0 Å². The summed E-state index contributed by atoms with van der Waals surface area (Å²) < 4.78 is 0.995. The maximum atomic E-state index is 12.6. The highest BCUT2D eigenvalue weighted by Crippen LogP contribution is 2.30. The molecule has 2 heterocycles. The summed E-state index contributed by atoms with van der Waals surface area (Å²) in [5.74, 6) is -1.24. The number of carbonyl (C=O) groups is 3. The van der Waals surface area contributed by atoms with Crippen LogP contribution in [-0.2, 0) is 0 Å². The van der Waals surface area contributed by atoms with Crippen LogP contribution in [0.2, 0.25) is 0 Å². The Morgan fingerprint density at radius 2 is 1.88 bits per heavy atom. The topological polar surface area (TPSA) is 79.4 Å². The molecule has 1 N–H and O–H groups in total. The van der Waals surface area contributed by atoms with Crippen LogP contribution in [0.25, 0.3) is 0 Å². The largest absolute Gasteiger partial charge is 0.322 e. The third-order valence-electron chi connectivity index (χ3n) is 3.84. The van der Waals surface area contributed by atoms with E-state index in [1.54, 1.807) is 17.5 Å². The summed E-state index contributed by atoms with van der Waals surface area (Å²) in [6, 6.07) is 11.9. The van der Waals surface area contributed by atoms with E-state index in [-0.39, 0.29) is 17.0 Å². The van der Waals surface area contributed by atoms with Crippen LogP contribution in [0, 0.1) is 3.57 Å². The summed E-state index contributed by atoms with van der Waals surface area (Å²) in [5, 5.41) is 4.81. The van der Waals surface area contributed by atoms with Gasteiger partial charge in [0.1, 0.15) is 0 Å². The van der Waals surface area contributed by atoms with Crippen LogP contribution in [0.15, 0.2) is 54.0 Å². The molecule has 0 saturated heterocycles. The van der Waals surface area contributed by atoms with Gasteiger partial charge in [0.2, 0.25) is 0 Å². The molecular weight excluding hydrogens is 465 g/mol. The molecule has 26 heavy (non-hydrogen) atoms. The summed E-state index contributed by atoms with van der Waals surface area (Å²) in [7, 11) is 0. The van der Waals surface area contributed by atoms with Crippen LogP contribution in [0.4, 0.5) is 10.8 Å². The molecule has 1 aliphatic heterocycles. The van der Waals surface area contributed by atoms with Gasteiger partial charge in [0.15, 0.2) is 5.13 Å². The third kappa shape index (κ3) is 2.90. The lowest BCUT2D eigenvalue weighted by Gasteiger charge is -2.08. The first kappa shape index (κ1) is 16.9. The second kappa shape index (κ2) is 6.61. The number of fused-ring (bicyclic) bond motifs is 1. The molecule has 8 heteroatoms. The fourth-order valence-corrected chi connectivity index (χ4v) is 3.83. The fraction of sp³-hybridized carbons (Fsp3) is 0. The molecule has 0 radical (unpaired) electrons. The van der Waals surface area contributed by atoms with E-state index in [1.165, 1.54) is 29.7 Å². The predicted octanol–water partition coefficient (Wildman–Crippen LogP) is 3.80. The number of carbonyl (C=O) groups excluding carboxylic acids is 3. The molecule has 0 atom stereocenters. The minimum absolute atomic E-state index is 0.209. The first-order chi connectivity index (χ1) is 12.5. The number of nitrogens with one attached hydrogen (secondary N) is 1. The highest BCUT2D eigenvalue weighted by atomic mass is 127. The Morgan fingerprint density at radius 1 is 1.08 bits per heavy atom. The first-order valence-electron chi connectivity index (χ1n) is 7.54. The molecule has 1 aromatic heterocycles. The van der Waals surface area contributed by atoms with Crippen molar-refractivity contribution in [1.82, 2.24) is 4.98 Å². The van der Waals surface area contributed by atoms with Crippen molar-refractivity contribution in [2.45, 2.75) is 0 Å². The maximum absolute atomic E-state index is 12.6. The molecule has 3 amide bonds. The van der Waals surface area contributed by atoms with Gasteiger partial charge >= 0.3 is 0 Å². The van der Waals surface area contributed by atoms with Gasteiger partial charge in [-0.25, -0.2) is 9.88 Å². The van der Waals surface area contributed by atoms with Gasteiger partial charge in [-0.3, -0.25) is 14.4 Å². The molecule has 0 unspecified atom stereocenters. The van der Waals surface area contributed by atoms with Gasteiger partial charge < -0.3 is 5.32 Å². The van der Waals surface area contributed by atoms with Crippen LogP contribution in [-0.4, -0.2) is 22.7 Å². The zero-order valence-corrected chi connectivity index (χ0v) is 16.1. The van der Waals surface area contributed by atoms with Crippen LogP contribution < -0.4 is 10.2 Å². The molecule has 0 saturated carbocycles. The lowest BCUT2D eigenvalue weighted by Crippen LogP contribution is -2.29. The lowest BCUT2D eigenvalue weighted by atomic mass is 10.1. The van der Waals surface area contributed by atoms with Crippen LogP contribution in [0.3, 0.4) is 0 Å². The summed E-state index contributed by atoms with van der Waals surface area (Å²) in [5.41, 5.74) is 1.45. The number of hydrogen-bond donors (Lipinski definition) is 1. The molecule has 0 bridgehead atoms. The smallest absolute Gasteiger partial charge is 0.268 e. The number of imide groups is 1. The number of amides is 3. The van der Waals surface area contributed by atoms with Crippen molar-refractivity contribution in [3.05, 3.63) is 74.3 Å². The van der Waals surface area contributed by atoms with Gasteiger partial charge in [0, 0.05) is 26.4 Å². The average molecular weight is 475 g/mol. The molecule has 3 aromatic rings. The Hall–Kier alpha value is -2.59. The highest BCUT2D eigenvalue weighted by Gasteiger charge is 2.38. The molecule has 0 fully saturated rings. The summed E-state index contributed by atoms with van der Waals surface area (Å²) >= 11 is 3.36. The van der Waals surface area contributed by atoms with E-state index >= 15 is 0 Å². The maximum Gasteiger partial charge on any atom is 0.268 e. The normalized spacial score (nSPS) is 13.0. The Labute approximate surface area is 166 Å². The first-order valence-corrected chi connectivity index (χ1v) is 9.49. The molecule has 128 valence electrons. The van der Waals surface area contributed by atoms with E-state index in [0.717, 1.165) is 8.47 Å². The number of hydrogen-bond acceptors (Lipinski definition) is 5. The zero-order chi connectivity index (χ0) is 18.3. The molecule has 4 rings (SSSR count). The monoisotopic (exact) mass is 475 g/mol. The molecular formula is C18H10IN3O3S. The quantitative estimate of drug-likeness (QED) is 0.462. The zero-order valence-electron chi connectivity index (χ0n) is 13.1. The minimum atomic E-state index is -0.469. The van der Waals surface area contributed by atoms with E-state index in [4.69, 9.17) is 0 Å². The van der Waals surface area contributed by atoms with Gasteiger partial charge in [-0.05, 0) is 59.0 Å². The van der Waals surface area contributed by atoms with Gasteiger partial charge in [-0.1, -0.05) is 6.07 Å². The van der Waals surface area contributed by atoms with E-state index in [2.05, 4.69) is 32.9 Å². The number of anilines is 2. The van der Waals surface area contributed by atoms with Gasteiger partial charge in [-0.15, -0.1) is 11.3 Å². The van der Waals surface area contributed by atoms with Gasteiger partial charge in [0.25, 0.3) is 17.7 Å². The van der Waals surface area contributed by atoms with E-state index in [9.17, 15) is 14.4 Å². The van der Waals surface area contributed by atoms with Crippen molar-refractivity contribution in [3.8, 4) is 0 Å². The number of thiazole rings is 1. The van der Waals surface area contributed by atoms with Crippen molar-refractivity contribution >= 4 is 62.5 Å². The van der Waals surface area contributed by atoms with E-state index in [1.807, 2.05) is 18.2 Å². The Kier molecular flexibility index (Phi) is 4.29. The van der Waals surface area contributed by atoms with Crippen molar-refractivity contribution in [2.75, 3.05) is 10.2 Å². The molecule has 0 aliphatic carbocycles. The Morgan fingerprint density at radius 3 is 2.62 bits per heavy atom. The molecule has 2 aromatic carbocycles. The summed E-state index contributed by atoms with van der Waals surface area (Å²) in [6.07, 6.45) is 1.53. The number of benzene rings is 2. The van der Waals surface area contributed by atoms with Gasteiger partial charge in [-0.2, -0.15) is 0 Å². The minimum Gasteiger partial charge on any atom is -0.322 e. The molecule has 0 spiro atoms. The average Bonchev–Trinajstić information content (AvgIpc) is 3.22. The highest BCUT2D eigenvalue weighted by molar-refractivity contribution is 14.1. The van der Waals surface area contributed by atoms with E-state index in [0.29, 0.717) is 16.4 Å². The number of nitrogens with zero attached hydrogens (tertiary/aromatic N) is 2. The Balaban J connectivity index is 1.64. The summed E-state index contributed by atoms with van der Waals surface area (Å²) in [6.45, 7) is 0. The second-order valence-corrected chi connectivity index (χ2v) is 7.60. The lowest BCUT2D eigenvalue weighted by molar-refractivity contribution is 0.0925. The standard InChI is InChI=1S/C18H10IN3O3S/c19-11-2-1-3-12(9-11)21-15(23)10-4-5-13-14(8-10)17(25)22(16(13)24)18-20-6-7-26-18/h1-9H,(H,21,23). The summed E-state index contributed by atoms with van der Waals surface area (Å²) in [4.78, 5) is 42.7. The van der Waals surface area contributed by atoms with Crippen LogP contribution >= 0.6 is 33.9 Å². The number of halogens is 1. The SMILES string of the molecule is O=C(Nc1cccc(I)c1)c1ccc2c(c1)C(=O)N(c1nccs1)C2=O. The molecule has 1 aliphatic rings. The molecule has 6 nitrogen and oxygen atoms in total.